The van der Waals surface area contributed by atoms with E-state index in [1.165, 1.54) is 0 Å². The van der Waals surface area contributed by atoms with Crippen molar-refractivity contribution in [1.82, 2.24) is 5.32 Å². The van der Waals surface area contributed by atoms with Crippen LogP contribution in [-0.4, -0.2) is 12.6 Å². The van der Waals surface area contributed by atoms with Crippen LogP contribution in [0.25, 0.3) is 0 Å². The van der Waals surface area contributed by atoms with Gasteiger partial charge in [-0.05, 0) is 13.3 Å². The van der Waals surface area contributed by atoms with E-state index in [0.29, 0.717) is 5.57 Å². The topological polar surface area (TPSA) is 38.3 Å². The second-order valence-electron chi connectivity index (χ2n) is 2.38. The smallest absolute Gasteiger partial charge is 0.248 e. The molecule has 68 valence electrons. The minimum atomic E-state index is -0.181. The molecule has 0 aliphatic carbocycles. The van der Waals surface area contributed by atoms with Gasteiger partial charge in [-0.3, -0.25) is 4.79 Å². The van der Waals surface area contributed by atoms with Crippen LogP contribution in [0.5, 0.6) is 0 Å². The van der Waals surface area contributed by atoms with Crippen LogP contribution in [0.3, 0.4) is 0 Å². The van der Waals surface area contributed by atoms with Gasteiger partial charge in [-0.25, -0.2) is 0 Å². The Hall–Kier alpha value is -1.25. The summed E-state index contributed by atoms with van der Waals surface area (Å²) in [6.07, 6.45) is 4.36. The lowest BCUT2D eigenvalue weighted by atomic mass is 10.3. The summed E-state index contributed by atoms with van der Waals surface area (Å²) in [6, 6.07) is 0. The van der Waals surface area contributed by atoms with Crippen LogP contribution in [0.4, 0.5) is 0 Å². The van der Waals surface area contributed by atoms with Crippen LogP contribution in [0.1, 0.15) is 20.3 Å². The van der Waals surface area contributed by atoms with Crippen LogP contribution in [0.15, 0.2) is 24.5 Å². The van der Waals surface area contributed by atoms with Crippen molar-refractivity contribution in [2.45, 2.75) is 20.3 Å². The maximum absolute atomic E-state index is 10.9. The number of carbonyl (C=O) groups is 1. The fraction of sp³-hybridized carbons (Fsp3) is 0.444. The Bertz CT molecular complexity index is 185. The maximum atomic E-state index is 10.9. The normalized spacial score (nSPS) is 9.83. The molecule has 0 saturated heterocycles. The third-order valence-electron chi connectivity index (χ3n) is 1.13. The minimum Gasteiger partial charge on any atom is -0.481 e. The third-order valence-corrected chi connectivity index (χ3v) is 1.13. The predicted molar refractivity (Wildman–Crippen MR) is 48.3 cm³/mol. The lowest BCUT2D eigenvalue weighted by Gasteiger charge is -2.02. The van der Waals surface area contributed by atoms with E-state index in [4.69, 9.17) is 4.74 Å². The summed E-state index contributed by atoms with van der Waals surface area (Å²) >= 11 is 0. The van der Waals surface area contributed by atoms with Gasteiger partial charge in [0.1, 0.15) is 0 Å². The highest BCUT2D eigenvalue weighted by atomic mass is 16.5. The second kappa shape index (κ2) is 6.46. The van der Waals surface area contributed by atoms with Gasteiger partial charge in [0.15, 0.2) is 6.73 Å². The van der Waals surface area contributed by atoms with Crippen molar-refractivity contribution in [2.24, 2.45) is 0 Å². The van der Waals surface area contributed by atoms with E-state index in [-0.39, 0.29) is 12.6 Å². The van der Waals surface area contributed by atoms with Crippen molar-refractivity contribution < 1.29 is 9.53 Å². The Balaban J connectivity index is 3.38. The minimum absolute atomic E-state index is 0.181. The highest BCUT2D eigenvalue weighted by Crippen LogP contribution is 1.85. The van der Waals surface area contributed by atoms with Gasteiger partial charge in [0.2, 0.25) is 5.91 Å². The lowest BCUT2D eigenvalue weighted by Crippen LogP contribution is -2.25. The number of allylic oxidation sites excluding steroid dienone is 1. The molecule has 0 aromatic rings. The van der Waals surface area contributed by atoms with Gasteiger partial charge in [0.05, 0.1) is 6.26 Å². The molecule has 0 bridgehead atoms. The van der Waals surface area contributed by atoms with Crippen LogP contribution in [0, 0.1) is 0 Å². The Morgan fingerprint density at radius 2 is 2.33 bits per heavy atom. The van der Waals surface area contributed by atoms with Crippen molar-refractivity contribution >= 4 is 5.91 Å². The molecule has 3 heteroatoms. The summed E-state index contributed by atoms with van der Waals surface area (Å²) in [5.74, 6) is -0.181. The molecule has 0 atom stereocenters. The first-order chi connectivity index (χ1) is 5.68. The molecule has 0 aromatic carbocycles. The Labute approximate surface area is 73.1 Å². The number of hydrogen-bond acceptors (Lipinski definition) is 2. The zero-order chi connectivity index (χ0) is 9.40. The Morgan fingerprint density at radius 1 is 1.67 bits per heavy atom. The number of carbonyl (C=O) groups excluding carboxylic acids is 1. The molecule has 0 fully saturated rings. The zero-order valence-corrected chi connectivity index (χ0v) is 7.59. The first-order valence-corrected chi connectivity index (χ1v) is 3.88. The largest absolute Gasteiger partial charge is 0.481 e. The van der Waals surface area contributed by atoms with E-state index in [1.807, 2.05) is 13.0 Å². The average molecular weight is 169 g/mol. The summed E-state index contributed by atoms with van der Waals surface area (Å²) in [5.41, 5.74) is 0.484. The summed E-state index contributed by atoms with van der Waals surface area (Å²) in [4.78, 5) is 10.9. The van der Waals surface area contributed by atoms with E-state index < -0.39 is 0 Å². The van der Waals surface area contributed by atoms with Crippen molar-refractivity contribution in [3.05, 3.63) is 24.5 Å². The number of ether oxygens (including phenoxy) is 1. The van der Waals surface area contributed by atoms with Crippen molar-refractivity contribution in [3.8, 4) is 0 Å². The van der Waals surface area contributed by atoms with Gasteiger partial charge >= 0.3 is 0 Å². The summed E-state index contributed by atoms with van der Waals surface area (Å²) < 4.78 is 4.94. The maximum Gasteiger partial charge on any atom is 0.248 e. The SMILES string of the molecule is C=C(C)C(=O)NCO/C=C/CC. The van der Waals surface area contributed by atoms with Gasteiger partial charge in [0.25, 0.3) is 0 Å². The molecule has 1 N–H and O–H groups in total. The molecule has 3 nitrogen and oxygen atoms in total. The van der Waals surface area contributed by atoms with Crippen LogP contribution in [0.2, 0.25) is 0 Å². The van der Waals surface area contributed by atoms with Crippen LogP contribution < -0.4 is 5.32 Å². The number of hydrogen-bond donors (Lipinski definition) is 1. The van der Waals surface area contributed by atoms with Gasteiger partial charge in [-0.15, -0.1) is 0 Å². The highest BCUT2D eigenvalue weighted by molar-refractivity contribution is 5.91. The second-order valence-corrected chi connectivity index (χ2v) is 2.38. The van der Waals surface area contributed by atoms with Gasteiger partial charge < -0.3 is 10.1 Å². The van der Waals surface area contributed by atoms with Crippen molar-refractivity contribution in [1.29, 1.82) is 0 Å². The van der Waals surface area contributed by atoms with Gasteiger partial charge in [-0.1, -0.05) is 19.6 Å². The fourth-order valence-corrected chi connectivity index (χ4v) is 0.470. The van der Waals surface area contributed by atoms with E-state index in [2.05, 4.69) is 11.9 Å². The number of rotatable bonds is 5. The molecule has 0 rings (SSSR count). The third kappa shape index (κ3) is 5.53. The molecule has 0 aliphatic rings. The van der Waals surface area contributed by atoms with E-state index in [0.717, 1.165) is 6.42 Å². The Kier molecular flexibility index (Phi) is 5.79. The predicted octanol–water partition coefficient (Wildman–Crippen LogP) is 1.58. The molecule has 0 aliphatic heterocycles. The van der Waals surface area contributed by atoms with Crippen molar-refractivity contribution in [3.63, 3.8) is 0 Å². The van der Waals surface area contributed by atoms with E-state index in [9.17, 15) is 4.79 Å². The van der Waals surface area contributed by atoms with Crippen LogP contribution in [-0.2, 0) is 9.53 Å². The number of amides is 1. The molecule has 0 spiro atoms. The monoisotopic (exact) mass is 169 g/mol. The molecule has 0 aromatic heterocycles. The molecular formula is C9H15NO2. The van der Waals surface area contributed by atoms with Crippen LogP contribution >= 0.6 is 0 Å². The van der Waals surface area contributed by atoms with E-state index in [1.54, 1.807) is 13.2 Å². The molecule has 0 saturated carbocycles. The van der Waals surface area contributed by atoms with E-state index >= 15 is 0 Å². The fourth-order valence-electron chi connectivity index (χ4n) is 0.470. The molecule has 12 heavy (non-hydrogen) atoms. The summed E-state index contributed by atoms with van der Waals surface area (Å²) in [7, 11) is 0. The standard InChI is InChI=1S/C9H15NO2/c1-4-5-6-12-7-10-9(11)8(2)3/h5-6H,2,4,7H2,1,3H3,(H,10,11)/b6-5+. The molecule has 0 heterocycles. The molecule has 0 unspecified atom stereocenters. The molecule has 1 amide bonds. The first-order valence-electron chi connectivity index (χ1n) is 3.88. The lowest BCUT2D eigenvalue weighted by molar-refractivity contribution is -0.118. The molecular weight excluding hydrogens is 154 g/mol. The van der Waals surface area contributed by atoms with Crippen molar-refractivity contribution in [2.75, 3.05) is 6.73 Å². The zero-order valence-electron chi connectivity index (χ0n) is 7.59. The summed E-state index contributed by atoms with van der Waals surface area (Å²) in [6.45, 7) is 7.34. The Morgan fingerprint density at radius 3 is 2.83 bits per heavy atom. The summed E-state index contributed by atoms with van der Waals surface area (Å²) in [5, 5.41) is 2.53. The first kappa shape index (κ1) is 10.8. The average Bonchev–Trinajstić information content (AvgIpc) is 2.03. The number of nitrogens with one attached hydrogen (secondary N) is 1. The quantitative estimate of drug-likeness (QED) is 0.293. The highest BCUT2D eigenvalue weighted by Gasteiger charge is 1.97. The van der Waals surface area contributed by atoms with Gasteiger partial charge in [0, 0.05) is 5.57 Å². The molecule has 0 radical (unpaired) electrons. The van der Waals surface area contributed by atoms with Gasteiger partial charge in [-0.2, -0.15) is 0 Å².